The van der Waals surface area contributed by atoms with Gasteiger partial charge in [-0.25, -0.2) is 0 Å². The van der Waals surface area contributed by atoms with Gasteiger partial charge in [0.05, 0.1) is 0 Å². The van der Waals surface area contributed by atoms with Crippen molar-refractivity contribution in [2.75, 3.05) is 5.32 Å². The summed E-state index contributed by atoms with van der Waals surface area (Å²) < 4.78 is 0. The van der Waals surface area contributed by atoms with E-state index < -0.39 is 0 Å². The summed E-state index contributed by atoms with van der Waals surface area (Å²) in [6.45, 7) is 3.93. The minimum absolute atomic E-state index is 0.0324. The average molecular weight is 225 g/mol. The maximum Gasteiger partial charge on any atom is 0.256 e. The van der Waals surface area contributed by atoms with Gasteiger partial charge < -0.3 is 5.32 Å². The zero-order valence-electron chi connectivity index (χ0n) is 10.0. The van der Waals surface area contributed by atoms with Gasteiger partial charge in [-0.15, -0.1) is 0 Å². The van der Waals surface area contributed by atoms with E-state index in [9.17, 15) is 4.79 Å². The molecule has 2 nitrogen and oxygen atoms in total. The second-order valence-corrected chi connectivity index (χ2v) is 3.85. The Hall–Kier alpha value is -2.09. The third-order valence-electron chi connectivity index (χ3n) is 2.71. The number of benzene rings is 1. The van der Waals surface area contributed by atoms with Crippen LogP contribution in [0, 0.1) is 0 Å². The number of hydrogen-bond acceptors (Lipinski definition) is 1. The molecule has 1 amide bonds. The number of nitrogens with one attached hydrogen (secondary N) is 1. The molecule has 2 rings (SSSR count). The van der Waals surface area contributed by atoms with Crippen molar-refractivity contribution in [2.45, 2.75) is 13.8 Å². The van der Waals surface area contributed by atoms with Crippen LogP contribution in [0.2, 0.25) is 0 Å². The van der Waals surface area contributed by atoms with Gasteiger partial charge in [-0.05, 0) is 31.6 Å². The predicted molar refractivity (Wildman–Crippen MR) is 71.6 cm³/mol. The summed E-state index contributed by atoms with van der Waals surface area (Å²) in [5.41, 5.74) is 3.63. The third-order valence-corrected chi connectivity index (χ3v) is 2.71. The van der Waals surface area contributed by atoms with E-state index in [-0.39, 0.29) is 5.91 Å². The first-order chi connectivity index (χ1) is 8.26. The molecular formula is C15H15NO. The van der Waals surface area contributed by atoms with Gasteiger partial charge in [0.1, 0.15) is 0 Å². The lowest BCUT2D eigenvalue weighted by Gasteiger charge is -1.98. The van der Waals surface area contributed by atoms with Crippen LogP contribution in [0.4, 0.5) is 5.69 Å². The summed E-state index contributed by atoms with van der Waals surface area (Å²) in [5.74, 6) is -0.0324. The van der Waals surface area contributed by atoms with Crippen LogP contribution in [0.5, 0.6) is 0 Å². The lowest BCUT2D eigenvalue weighted by atomic mass is 10.0. The van der Waals surface area contributed by atoms with Gasteiger partial charge in [0.15, 0.2) is 0 Å². The zero-order chi connectivity index (χ0) is 12.3. The van der Waals surface area contributed by atoms with Gasteiger partial charge in [-0.2, -0.15) is 0 Å². The first-order valence-electron chi connectivity index (χ1n) is 5.67. The molecule has 0 aromatic heterocycles. The van der Waals surface area contributed by atoms with Crippen LogP contribution in [0.25, 0.3) is 5.57 Å². The molecule has 1 heterocycles. The summed E-state index contributed by atoms with van der Waals surface area (Å²) in [7, 11) is 0. The monoisotopic (exact) mass is 225 g/mol. The number of allylic oxidation sites excluding steroid dienone is 5. The minimum Gasteiger partial charge on any atom is -0.321 e. The Kier molecular flexibility index (Phi) is 3.24. The molecular weight excluding hydrogens is 210 g/mol. The van der Waals surface area contributed by atoms with Crippen LogP contribution in [-0.4, -0.2) is 5.91 Å². The van der Waals surface area contributed by atoms with Crippen LogP contribution in [0.15, 0.2) is 54.1 Å². The van der Waals surface area contributed by atoms with Crippen molar-refractivity contribution in [3.05, 3.63) is 59.7 Å². The fraction of sp³-hybridized carbons (Fsp3) is 0.133. The number of para-hydroxylation sites is 1. The van der Waals surface area contributed by atoms with Gasteiger partial charge in [0.2, 0.25) is 0 Å². The Morgan fingerprint density at radius 3 is 2.71 bits per heavy atom. The van der Waals surface area contributed by atoms with E-state index >= 15 is 0 Å². The summed E-state index contributed by atoms with van der Waals surface area (Å²) >= 11 is 0. The molecule has 86 valence electrons. The standard InChI is InChI=1S/C15H15NO/c1-3-7-11(4-2)10-13-12-8-5-6-9-14(12)16-15(13)17/h3-10H,1-2H3,(H,16,17)/b7-3-,11-4+,13-10-. The average Bonchev–Trinajstić information content (AvgIpc) is 2.65. The van der Waals surface area contributed by atoms with E-state index in [1.54, 1.807) is 0 Å². The molecule has 0 bridgehead atoms. The second-order valence-electron chi connectivity index (χ2n) is 3.85. The van der Waals surface area contributed by atoms with Gasteiger partial charge in [0.25, 0.3) is 5.91 Å². The summed E-state index contributed by atoms with van der Waals surface area (Å²) in [5, 5.41) is 2.86. The largest absolute Gasteiger partial charge is 0.321 e. The van der Waals surface area contributed by atoms with Gasteiger partial charge in [0, 0.05) is 16.8 Å². The Labute approximate surface area is 101 Å². The maximum absolute atomic E-state index is 11.9. The van der Waals surface area contributed by atoms with Crippen LogP contribution in [0.1, 0.15) is 19.4 Å². The third kappa shape index (κ3) is 2.21. The van der Waals surface area contributed by atoms with E-state index in [2.05, 4.69) is 5.32 Å². The normalized spacial score (nSPS) is 17.6. The van der Waals surface area contributed by atoms with Crippen molar-refractivity contribution in [1.82, 2.24) is 0 Å². The Morgan fingerprint density at radius 2 is 2.00 bits per heavy atom. The first-order valence-corrected chi connectivity index (χ1v) is 5.67. The molecule has 1 aromatic carbocycles. The molecule has 0 atom stereocenters. The van der Waals surface area contributed by atoms with Crippen LogP contribution in [-0.2, 0) is 4.79 Å². The number of fused-ring (bicyclic) bond motifs is 1. The summed E-state index contributed by atoms with van der Waals surface area (Å²) in [4.78, 5) is 11.9. The van der Waals surface area contributed by atoms with Crippen molar-refractivity contribution in [3.8, 4) is 0 Å². The molecule has 0 saturated heterocycles. The molecule has 1 aliphatic heterocycles. The Balaban J connectivity index is 2.46. The number of rotatable bonds is 2. The highest BCUT2D eigenvalue weighted by Crippen LogP contribution is 2.32. The molecule has 0 radical (unpaired) electrons. The van der Waals surface area contributed by atoms with Gasteiger partial charge >= 0.3 is 0 Å². The summed E-state index contributed by atoms with van der Waals surface area (Å²) in [6.07, 6.45) is 7.86. The molecule has 2 heteroatoms. The second kappa shape index (κ2) is 4.83. The van der Waals surface area contributed by atoms with E-state index in [1.165, 1.54) is 0 Å². The van der Waals surface area contributed by atoms with Crippen molar-refractivity contribution >= 4 is 17.2 Å². The van der Waals surface area contributed by atoms with E-state index in [0.29, 0.717) is 0 Å². The highest BCUT2D eigenvalue weighted by Gasteiger charge is 2.22. The SMILES string of the molecule is C\C=C/C(/C=C1\C(=O)Nc2ccccc21)=C\C. The maximum atomic E-state index is 11.9. The molecule has 0 saturated carbocycles. The summed E-state index contributed by atoms with van der Waals surface area (Å²) in [6, 6.07) is 7.74. The predicted octanol–water partition coefficient (Wildman–Crippen LogP) is 3.54. The molecule has 1 aromatic rings. The van der Waals surface area contributed by atoms with Crippen molar-refractivity contribution in [2.24, 2.45) is 0 Å². The van der Waals surface area contributed by atoms with Crippen LogP contribution < -0.4 is 5.32 Å². The number of carbonyl (C=O) groups is 1. The molecule has 1 aliphatic rings. The molecule has 0 aliphatic carbocycles. The fourth-order valence-electron chi connectivity index (χ4n) is 1.87. The van der Waals surface area contributed by atoms with Crippen LogP contribution >= 0.6 is 0 Å². The minimum atomic E-state index is -0.0324. The Bertz CT molecular complexity index is 536. The lowest BCUT2D eigenvalue weighted by molar-refractivity contribution is -0.110. The first kappa shape index (κ1) is 11.4. The molecule has 17 heavy (non-hydrogen) atoms. The highest BCUT2D eigenvalue weighted by atomic mass is 16.1. The molecule has 0 spiro atoms. The van der Waals surface area contributed by atoms with Crippen molar-refractivity contribution in [1.29, 1.82) is 0 Å². The Morgan fingerprint density at radius 1 is 1.24 bits per heavy atom. The van der Waals surface area contributed by atoms with Gasteiger partial charge in [-0.3, -0.25) is 4.79 Å². The van der Waals surface area contributed by atoms with Gasteiger partial charge in [-0.1, -0.05) is 36.4 Å². The fourth-order valence-corrected chi connectivity index (χ4v) is 1.87. The van der Waals surface area contributed by atoms with Crippen molar-refractivity contribution < 1.29 is 4.79 Å². The molecule has 1 N–H and O–H groups in total. The number of amides is 1. The van der Waals surface area contributed by atoms with E-state index in [4.69, 9.17) is 0 Å². The highest BCUT2D eigenvalue weighted by molar-refractivity contribution is 6.31. The number of carbonyl (C=O) groups excluding carboxylic acids is 1. The topological polar surface area (TPSA) is 29.1 Å². The smallest absolute Gasteiger partial charge is 0.256 e. The van der Waals surface area contributed by atoms with E-state index in [1.807, 2.05) is 62.4 Å². The number of hydrogen-bond donors (Lipinski definition) is 1. The quantitative estimate of drug-likeness (QED) is 0.605. The van der Waals surface area contributed by atoms with E-state index in [0.717, 1.165) is 22.4 Å². The van der Waals surface area contributed by atoms with Crippen molar-refractivity contribution in [3.63, 3.8) is 0 Å². The van der Waals surface area contributed by atoms with Crippen LogP contribution in [0.3, 0.4) is 0 Å². The molecule has 0 fully saturated rings. The molecule has 0 unspecified atom stereocenters. The lowest BCUT2D eigenvalue weighted by Crippen LogP contribution is -2.03. The number of anilines is 1. The zero-order valence-corrected chi connectivity index (χ0v) is 10.0.